The maximum Gasteiger partial charge on any atom is 0.263 e. The standard InChI is InChI=1S/C11H14N4OS/c1-8(2)6-14-10(16)9(5-12)7-15-11-13-3-4-17-11/h3-4,7-8H,6H2,1-2H3,(H,13,15)(H,14,16)/b9-7-. The number of thiazole rings is 1. The molecule has 0 unspecified atom stereocenters. The van der Waals surface area contributed by atoms with Crippen LogP contribution in [-0.4, -0.2) is 17.4 Å². The summed E-state index contributed by atoms with van der Waals surface area (Å²) in [6.45, 7) is 4.53. The molecule has 1 aromatic rings. The van der Waals surface area contributed by atoms with Gasteiger partial charge in [0.1, 0.15) is 11.6 Å². The predicted molar refractivity (Wildman–Crippen MR) is 67.3 cm³/mol. The van der Waals surface area contributed by atoms with Crippen molar-refractivity contribution >= 4 is 22.4 Å². The zero-order valence-electron chi connectivity index (χ0n) is 9.73. The van der Waals surface area contributed by atoms with Crippen LogP contribution in [-0.2, 0) is 4.79 Å². The van der Waals surface area contributed by atoms with Gasteiger partial charge in [0, 0.05) is 24.3 Å². The molecule has 0 aliphatic carbocycles. The first kappa shape index (κ1) is 13.2. The van der Waals surface area contributed by atoms with E-state index in [4.69, 9.17) is 5.26 Å². The number of nitrogens with zero attached hydrogens (tertiary/aromatic N) is 2. The highest BCUT2D eigenvalue weighted by atomic mass is 32.1. The highest BCUT2D eigenvalue weighted by molar-refractivity contribution is 7.13. The molecule has 0 bridgehead atoms. The van der Waals surface area contributed by atoms with Gasteiger partial charge in [0.05, 0.1) is 0 Å². The van der Waals surface area contributed by atoms with Crippen molar-refractivity contribution in [3.8, 4) is 6.07 Å². The number of carbonyl (C=O) groups excluding carboxylic acids is 1. The first-order valence-electron chi connectivity index (χ1n) is 5.18. The van der Waals surface area contributed by atoms with Gasteiger partial charge in [-0.3, -0.25) is 4.79 Å². The summed E-state index contributed by atoms with van der Waals surface area (Å²) < 4.78 is 0. The highest BCUT2D eigenvalue weighted by Crippen LogP contribution is 2.10. The molecule has 1 aromatic heterocycles. The van der Waals surface area contributed by atoms with E-state index in [9.17, 15) is 4.79 Å². The monoisotopic (exact) mass is 250 g/mol. The van der Waals surface area contributed by atoms with Crippen LogP contribution in [0.1, 0.15) is 13.8 Å². The van der Waals surface area contributed by atoms with Crippen LogP contribution >= 0.6 is 11.3 Å². The summed E-state index contributed by atoms with van der Waals surface area (Å²) in [7, 11) is 0. The van der Waals surface area contributed by atoms with Gasteiger partial charge in [-0.25, -0.2) is 4.98 Å². The van der Waals surface area contributed by atoms with Gasteiger partial charge in [0.2, 0.25) is 0 Å². The van der Waals surface area contributed by atoms with Crippen LogP contribution in [0, 0.1) is 17.2 Å². The molecule has 0 saturated heterocycles. The van der Waals surface area contributed by atoms with Gasteiger partial charge in [0.15, 0.2) is 5.13 Å². The van der Waals surface area contributed by atoms with Gasteiger partial charge in [-0.2, -0.15) is 5.26 Å². The Morgan fingerprint density at radius 1 is 1.71 bits per heavy atom. The Labute approximate surface area is 104 Å². The Kier molecular flexibility index (Phi) is 5.17. The Hall–Kier alpha value is -1.87. The number of hydrogen-bond donors (Lipinski definition) is 2. The number of rotatable bonds is 5. The summed E-state index contributed by atoms with van der Waals surface area (Å²) in [5.41, 5.74) is 0.0425. The summed E-state index contributed by atoms with van der Waals surface area (Å²) in [5.74, 6) is -0.0175. The van der Waals surface area contributed by atoms with Crippen molar-refractivity contribution in [3.05, 3.63) is 23.3 Å². The van der Waals surface area contributed by atoms with Crippen molar-refractivity contribution in [2.24, 2.45) is 5.92 Å². The molecule has 0 saturated carbocycles. The third-order valence-electron chi connectivity index (χ3n) is 1.81. The van der Waals surface area contributed by atoms with Gasteiger partial charge in [-0.15, -0.1) is 11.3 Å². The molecule has 0 spiro atoms. The number of nitriles is 1. The SMILES string of the molecule is CC(C)CNC(=O)/C(C#N)=C\Nc1nccs1. The van der Waals surface area contributed by atoms with Crippen LogP contribution in [0.4, 0.5) is 5.13 Å². The van der Waals surface area contributed by atoms with Crippen molar-refractivity contribution in [3.63, 3.8) is 0 Å². The average molecular weight is 250 g/mol. The summed E-state index contributed by atoms with van der Waals surface area (Å²) in [5, 5.41) is 16.8. The largest absolute Gasteiger partial charge is 0.351 e. The van der Waals surface area contributed by atoms with Gasteiger partial charge in [0.25, 0.3) is 5.91 Å². The van der Waals surface area contributed by atoms with E-state index in [1.165, 1.54) is 17.5 Å². The molecule has 5 nitrogen and oxygen atoms in total. The summed E-state index contributed by atoms with van der Waals surface area (Å²) in [6, 6.07) is 1.85. The maximum atomic E-state index is 11.6. The molecule has 0 aliphatic rings. The van der Waals surface area contributed by atoms with Crippen LogP contribution < -0.4 is 10.6 Å². The van der Waals surface area contributed by atoms with Gasteiger partial charge < -0.3 is 10.6 Å². The lowest BCUT2D eigenvalue weighted by atomic mass is 10.2. The molecule has 1 rings (SSSR count). The Bertz CT molecular complexity index is 431. The Balaban J connectivity index is 2.55. The van der Waals surface area contributed by atoms with Crippen molar-refractivity contribution in [2.75, 3.05) is 11.9 Å². The molecule has 1 amide bonds. The number of amides is 1. The second-order valence-electron chi connectivity index (χ2n) is 3.76. The van der Waals surface area contributed by atoms with E-state index in [0.717, 1.165) is 0 Å². The Morgan fingerprint density at radius 3 is 3.00 bits per heavy atom. The minimum absolute atomic E-state index is 0.0425. The van der Waals surface area contributed by atoms with Crippen molar-refractivity contribution in [1.29, 1.82) is 5.26 Å². The molecular formula is C11H14N4OS. The summed E-state index contributed by atoms with van der Waals surface area (Å²) in [4.78, 5) is 15.6. The number of carbonyl (C=O) groups is 1. The molecule has 0 atom stereocenters. The molecule has 0 aliphatic heterocycles. The van der Waals surface area contributed by atoms with Gasteiger partial charge in [-0.1, -0.05) is 13.8 Å². The zero-order valence-corrected chi connectivity index (χ0v) is 10.5. The fourth-order valence-corrected chi connectivity index (χ4v) is 1.47. The van der Waals surface area contributed by atoms with Crippen LogP contribution in [0.25, 0.3) is 0 Å². The van der Waals surface area contributed by atoms with Crippen molar-refractivity contribution in [2.45, 2.75) is 13.8 Å². The molecule has 2 N–H and O–H groups in total. The van der Waals surface area contributed by atoms with E-state index < -0.39 is 0 Å². The van der Waals surface area contributed by atoms with Gasteiger partial charge >= 0.3 is 0 Å². The van der Waals surface area contributed by atoms with E-state index in [-0.39, 0.29) is 11.5 Å². The third-order valence-corrected chi connectivity index (χ3v) is 2.51. The first-order chi connectivity index (χ1) is 8.13. The molecule has 0 radical (unpaired) electrons. The van der Waals surface area contributed by atoms with E-state index in [1.807, 2.05) is 19.9 Å². The molecule has 90 valence electrons. The molecule has 6 heteroatoms. The van der Waals surface area contributed by atoms with Crippen LogP contribution in [0.5, 0.6) is 0 Å². The molecule has 1 heterocycles. The normalized spacial score (nSPS) is 11.1. The van der Waals surface area contributed by atoms with Crippen LogP contribution in [0.15, 0.2) is 23.3 Å². The van der Waals surface area contributed by atoms with Crippen molar-refractivity contribution in [1.82, 2.24) is 10.3 Å². The smallest absolute Gasteiger partial charge is 0.263 e. The number of nitrogens with one attached hydrogen (secondary N) is 2. The number of aromatic nitrogens is 1. The molecule has 0 aromatic carbocycles. The quantitative estimate of drug-likeness (QED) is 0.616. The number of hydrogen-bond acceptors (Lipinski definition) is 5. The Morgan fingerprint density at radius 2 is 2.47 bits per heavy atom. The number of anilines is 1. The molecule has 0 fully saturated rings. The summed E-state index contributed by atoms with van der Waals surface area (Å²) in [6.07, 6.45) is 3.01. The minimum Gasteiger partial charge on any atom is -0.351 e. The fourth-order valence-electron chi connectivity index (χ4n) is 0.969. The van der Waals surface area contributed by atoms with Crippen LogP contribution in [0.3, 0.4) is 0 Å². The van der Waals surface area contributed by atoms with E-state index in [2.05, 4.69) is 15.6 Å². The lowest BCUT2D eigenvalue weighted by Crippen LogP contribution is -2.28. The zero-order chi connectivity index (χ0) is 12.7. The highest BCUT2D eigenvalue weighted by Gasteiger charge is 2.08. The van der Waals surface area contributed by atoms with E-state index >= 15 is 0 Å². The van der Waals surface area contributed by atoms with E-state index in [1.54, 1.807) is 11.6 Å². The first-order valence-corrected chi connectivity index (χ1v) is 6.06. The van der Waals surface area contributed by atoms with Gasteiger partial charge in [-0.05, 0) is 5.92 Å². The van der Waals surface area contributed by atoms with Crippen LogP contribution in [0.2, 0.25) is 0 Å². The third kappa shape index (κ3) is 4.66. The predicted octanol–water partition coefficient (Wildman–Crippen LogP) is 1.73. The lowest BCUT2D eigenvalue weighted by molar-refractivity contribution is -0.117. The maximum absolute atomic E-state index is 11.6. The van der Waals surface area contributed by atoms with Crippen molar-refractivity contribution < 1.29 is 4.79 Å². The van der Waals surface area contributed by atoms with E-state index in [0.29, 0.717) is 17.6 Å². The topological polar surface area (TPSA) is 77.8 Å². The summed E-state index contributed by atoms with van der Waals surface area (Å²) >= 11 is 1.40. The second kappa shape index (κ2) is 6.66. The lowest BCUT2D eigenvalue weighted by Gasteiger charge is -2.06. The minimum atomic E-state index is -0.370. The fraction of sp³-hybridized carbons (Fsp3) is 0.364. The molecular weight excluding hydrogens is 236 g/mol. The average Bonchev–Trinajstić information content (AvgIpc) is 2.80. The molecule has 17 heavy (non-hydrogen) atoms. The second-order valence-corrected chi connectivity index (χ2v) is 4.65.